The lowest BCUT2D eigenvalue weighted by Crippen LogP contribution is -2.42. The van der Waals surface area contributed by atoms with Gasteiger partial charge in [-0.1, -0.05) is 24.3 Å². The maximum absolute atomic E-state index is 5.70. The molecular weight excluding hydrogens is 477 g/mol. The number of hydrogen-bond acceptors (Lipinski definition) is 4. The van der Waals surface area contributed by atoms with Crippen molar-refractivity contribution in [2.45, 2.75) is 25.4 Å². The van der Waals surface area contributed by atoms with Crippen LogP contribution in [0.2, 0.25) is 0 Å². The topological polar surface area (TPSA) is 65.7 Å². The number of rotatable bonds is 6. The van der Waals surface area contributed by atoms with Gasteiger partial charge in [0.05, 0.1) is 24.5 Å². The highest BCUT2D eigenvalue weighted by atomic mass is 127. The van der Waals surface area contributed by atoms with Crippen LogP contribution in [0.5, 0.6) is 0 Å². The summed E-state index contributed by atoms with van der Waals surface area (Å²) in [6, 6.07) is 14.6. The Labute approximate surface area is 188 Å². The minimum atomic E-state index is 0. The van der Waals surface area contributed by atoms with E-state index in [1.54, 1.807) is 13.3 Å². The number of hydrogen-bond donors (Lipinski definition) is 2. The van der Waals surface area contributed by atoms with E-state index in [1.165, 1.54) is 23.6 Å². The standard InChI is InChI=1S/C22H27N5O.HI/c1-23-22(25-15-19-18-8-3-2-7-17(18)10-11-24-19)26-16-20(21-9-6-14-28-21)27-12-4-5-13-27;/h2-3,6-11,14,20H,4-5,12-13,15-16H2,1H3,(H2,23,25,26);1H. The largest absolute Gasteiger partial charge is 0.468 e. The predicted octanol–water partition coefficient (Wildman–Crippen LogP) is 3.95. The number of aliphatic imine (C=N–C) groups is 1. The third-order valence-electron chi connectivity index (χ3n) is 5.32. The Morgan fingerprint density at radius 1 is 1.14 bits per heavy atom. The van der Waals surface area contributed by atoms with Crippen LogP contribution in [0.4, 0.5) is 0 Å². The zero-order chi connectivity index (χ0) is 19.2. The number of nitrogens with one attached hydrogen (secondary N) is 2. The second-order valence-corrected chi connectivity index (χ2v) is 7.06. The van der Waals surface area contributed by atoms with Crippen molar-refractivity contribution in [1.29, 1.82) is 0 Å². The maximum atomic E-state index is 5.70. The molecule has 7 heteroatoms. The number of likely N-dealkylation sites (tertiary alicyclic amines) is 1. The molecule has 0 spiro atoms. The maximum Gasteiger partial charge on any atom is 0.191 e. The SMILES string of the molecule is CN=C(NCc1nccc2ccccc12)NCC(c1ccco1)N1CCCC1.I. The molecule has 1 aliphatic heterocycles. The van der Waals surface area contributed by atoms with Gasteiger partial charge in [-0.15, -0.1) is 24.0 Å². The lowest BCUT2D eigenvalue weighted by Gasteiger charge is -2.26. The summed E-state index contributed by atoms with van der Waals surface area (Å²) in [6.07, 6.45) is 6.10. The zero-order valence-corrected chi connectivity index (χ0v) is 19.0. The molecule has 3 aromatic rings. The van der Waals surface area contributed by atoms with Gasteiger partial charge in [0, 0.05) is 25.2 Å². The highest BCUT2D eigenvalue weighted by Gasteiger charge is 2.25. The van der Waals surface area contributed by atoms with Gasteiger partial charge in [0.15, 0.2) is 5.96 Å². The number of guanidine groups is 1. The molecule has 0 radical (unpaired) electrons. The monoisotopic (exact) mass is 505 g/mol. The van der Waals surface area contributed by atoms with Crippen molar-refractivity contribution in [2.75, 3.05) is 26.7 Å². The van der Waals surface area contributed by atoms with Crippen LogP contribution < -0.4 is 10.6 Å². The van der Waals surface area contributed by atoms with Crippen molar-refractivity contribution in [2.24, 2.45) is 4.99 Å². The molecule has 2 N–H and O–H groups in total. The van der Waals surface area contributed by atoms with E-state index in [9.17, 15) is 0 Å². The molecule has 1 fully saturated rings. The van der Waals surface area contributed by atoms with Gasteiger partial charge < -0.3 is 15.1 Å². The van der Waals surface area contributed by atoms with Crippen LogP contribution in [-0.2, 0) is 6.54 Å². The summed E-state index contributed by atoms with van der Waals surface area (Å²) >= 11 is 0. The van der Waals surface area contributed by atoms with Crippen molar-refractivity contribution < 1.29 is 4.42 Å². The van der Waals surface area contributed by atoms with Crippen molar-refractivity contribution in [3.8, 4) is 0 Å². The molecule has 1 saturated heterocycles. The molecule has 2 aromatic heterocycles. The summed E-state index contributed by atoms with van der Waals surface area (Å²) in [5.41, 5.74) is 1.02. The van der Waals surface area contributed by atoms with Gasteiger partial charge in [-0.25, -0.2) is 0 Å². The number of aromatic nitrogens is 1. The van der Waals surface area contributed by atoms with Crippen LogP contribution in [0.15, 0.2) is 64.3 Å². The summed E-state index contributed by atoms with van der Waals surface area (Å²) < 4.78 is 5.70. The van der Waals surface area contributed by atoms with Gasteiger partial charge >= 0.3 is 0 Å². The van der Waals surface area contributed by atoms with Gasteiger partial charge in [-0.2, -0.15) is 0 Å². The van der Waals surface area contributed by atoms with Crippen molar-refractivity contribution >= 4 is 40.7 Å². The first-order valence-electron chi connectivity index (χ1n) is 9.90. The van der Waals surface area contributed by atoms with E-state index >= 15 is 0 Å². The Morgan fingerprint density at radius 2 is 1.97 bits per heavy atom. The van der Waals surface area contributed by atoms with E-state index in [0.717, 1.165) is 37.0 Å². The second-order valence-electron chi connectivity index (χ2n) is 7.06. The third kappa shape index (κ3) is 5.27. The van der Waals surface area contributed by atoms with Crippen LogP contribution >= 0.6 is 24.0 Å². The van der Waals surface area contributed by atoms with E-state index in [0.29, 0.717) is 6.54 Å². The summed E-state index contributed by atoms with van der Waals surface area (Å²) in [4.78, 5) is 11.4. The number of pyridine rings is 1. The number of furan rings is 1. The fraction of sp³-hybridized carbons (Fsp3) is 0.364. The average molecular weight is 505 g/mol. The number of nitrogens with zero attached hydrogens (tertiary/aromatic N) is 3. The highest BCUT2D eigenvalue weighted by molar-refractivity contribution is 14.0. The van der Waals surface area contributed by atoms with E-state index in [-0.39, 0.29) is 30.0 Å². The quantitative estimate of drug-likeness (QED) is 0.302. The highest BCUT2D eigenvalue weighted by Crippen LogP contribution is 2.24. The fourth-order valence-corrected chi connectivity index (χ4v) is 3.85. The number of halogens is 1. The second kappa shape index (κ2) is 10.6. The van der Waals surface area contributed by atoms with Crippen LogP contribution in [0.1, 0.15) is 30.3 Å². The molecule has 4 rings (SSSR count). The lowest BCUT2D eigenvalue weighted by atomic mass is 10.1. The summed E-state index contributed by atoms with van der Waals surface area (Å²) in [7, 11) is 1.80. The van der Waals surface area contributed by atoms with E-state index in [2.05, 4.69) is 43.7 Å². The number of fused-ring (bicyclic) bond motifs is 1. The minimum absolute atomic E-state index is 0. The molecule has 29 heavy (non-hydrogen) atoms. The molecule has 1 unspecified atom stereocenters. The normalized spacial score (nSPS) is 15.8. The smallest absolute Gasteiger partial charge is 0.191 e. The third-order valence-corrected chi connectivity index (χ3v) is 5.32. The molecule has 0 bridgehead atoms. The zero-order valence-electron chi connectivity index (χ0n) is 16.7. The first kappa shape index (κ1) is 21.6. The van der Waals surface area contributed by atoms with Gasteiger partial charge in [-0.3, -0.25) is 14.9 Å². The Hall–Kier alpha value is -2.13. The molecule has 154 valence electrons. The Bertz CT molecular complexity index is 917. The van der Waals surface area contributed by atoms with Crippen LogP contribution in [0, 0.1) is 0 Å². The minimum Gasteiger partial charge on any atom is -0.468 e. The summed E-state index contributed by atoms with van der Waals surface area (Å²) in [6.45, 7) is 3.59. The number of benzene rings is 1. The first-order valence-corrected chi connectivity index (χ1v) is 9.90. The Morgan fingerprint density at radius 3 is 2.72 bits per heavy atom. The first-order chi connectivity index (χ1) is 13.8. The van der Waals surface area contributed by atoms with Crippen LogP contribution in [-0.4, -0.2) is 42.5 Å². The van der Waals surface area contributed by atoms with Crippen LogP contribution in [0.3, 0.4) is 0 Å². The molecule has 1 aromatic carbocycles. The van der Waals surface area contributed by atoms with E-state index < -0.39 is 0 Å². The van der Waals surface area contributed by atoms with Gasteiger partial charge in [0.2, 0.25) is 0 Å². The molecule has 3 heterocycles. The summed E-state index contributed by atoms with van der Waals surface area (Å²) in [5.74, 6) is 1.77. The van der Waals surface area contributed by atoms with Gasteiger partial charge in [-0.05, 0) is 49.5 Å². The summed E-state index contributed by atoms with van der Waals surface area (Å²) in [5, 5.41) is 9.22. The molecule has 0 aliphatic carbocycles. The molecule has 0 saturated carbocycles. The Balaban J connectivity index is 0.00000240. The van der Waals surface area contributed by atoms with Gasteiger partial charge in [0.1, 0.15) is 5.76 Å². The van der Waals surface area contributed by atoms with Crippen molar-refractivity contribution in [3.05, 3.63) is 66.4 Å². The van der Waals surface area contributed by atoms with E-state index in [4.69, 9.17) is 4.42 Å². The van der Waals surface area contributed by atoms with E-state index in [1.807, 2.05) is 30.5 Å². The molecule has 0 amide bonds. The molecule has 1 aliphatic rings. The predicted molar refractivity (Wildman–Crippen MR) is 128 cm³/mol. The van der Waals surface area contributed by atoms with Crippen molar-refractivity contribution in [1.82, 2.24) is 20.5 Å². The lowest BCUT2D eigenvalue weighted by molar-refractivity contribution is 0.215. The molecule has 1 atom stereocenters. The molecular formula is C22H28IN5O. The average Bonchev–Trinajstić information content (AvgIpc) is 3.45. The Kier molecular flexibility index (Phi) is 7.88. The fourth-order valence-electron chi connectivity index (χ4n) is 3.85. The van der Waals surface area contributed by atoms with Crippen molar-refractivity contribution in [3.63, 3.8) is 0 Å². The van der Waals surface area contributed by atoms with Gasteiger partial charge in [0.25, 0.3) is 0 Å². The van der Waals surface area contributed by atoms with Crippen LogP contribution in [0.25, 0.3) is 10.8 Å². The molecule has 6 nitrogen and oxygen atoms in total.